The van der Waals surface area contributed by atoms with Gasteiger partial charge in [-0.2, -0.15) is 4.98 Å². The Morgan fingerprint density at radius 1 is 1.26 bits per heavy atom. The van der Waals surface area contributed by atoms with Gasteiger partial charge >= 0.3 is 6.09 Å². The first-order chi connectivity index (χ1) is 10.9. The van der Waals surface area contributed by atoms with Crippen molar-refractivity contribution >= 4 is 23.5 Å². The van der Waals surface area contributed by atoms with Crippen molar-refractivity contribution in [1.29, 1.82) is 0 Å². The number of hydrogen-bond donors (Lipinski definition) is 3. The molecule has 0 aliphatic heterocycles. The van der Waals surface area contributed by atoms with Crippen LogP contribution in [0.3, 0.4) is 0 Å². The van der Waals surface area contributed by atoms with Crippen LogP contribution in [0.25, 0.3) is 0 Å². The number of anilines is 3. The van der Waals surface area contributed by atoms with Crippen molar-refractivity contribution in [2.45, 2.75) is 27.2 Å². The van der Waals surface area contributed by atoms with E-state index in [0.717, 1.165) is 27.9 Å². The maximum atomic E-state index is 11.6. The Kier molecular flexibility index (Phi) is 5.00. The van der Waals surface area contributed by atoms with Crippen LogP contribution in [0, 0.1) is 13.8 Å². The van der Waals surface area contributed by atoms with Crippen LogP contribution in [0.5, 0.6) is 0 Å². The molecule has 1 aromatic heterocycles. The van der Waals surface area contributed by atoms with Crippen molar-refractivity contribution in [1.82, 2.24) is 9.97 Å². The third-order valence-corrected chi connectivity index (χ3v) is 3.41. The summed E-state index contributed by atoms with van der Waals surface area (Å²) in [6.45, 7) is 5.96. The fourth-order valence-corrected chi connectivity index (χ4v) is 2.41. The average molecular weight is 315 g/mol. The molecule has 1 aromatic carbocycles. The number of nitrogen functional groups attached to an aromatic ring is 2. The molecule has 0 atom stereocenters. The number of aryl methyl sites for hydroxylation is 2. The maximum absolute atomic E-state index is 11.6. The molecular formula is C16H21N5O2. The third-order valence-electron chi connectivity index (χ3n) is 3.41. The monoisotopic (exact) mass is 315 g/mol. The first-order valence-corrected chi connectivity index (χ1v) is 7.31. The number of carbonyl (C=O) groups excluding carboxylic acids is 1. The largest absolute Gasteiger partial charge is 0.450 e. The van der Waals surface area contributed by atoms with Crippen LogP contribution in [0.15, 0.2) is 18.3 Å². The van der Waals surface area contributed by atoms with E-state index in [1.165, 1.54) is 0 Å². The standard InChI is InChI=1S/C16H21N5O2/c1-4-23-16(22)20-13-9(2)5-11(6-10(13)3)7-12-8-19-15(18)21-14(12)17/h5-6,8H,4,7H2,1-3H3,(H,20,22)(H4,17,18,19,21). The van der Waals surface area contributed by atoms with E-state index in [4.69, 9.17) is 16.2 Å². The summed E-state index contributed by atoms with van der Waals surface area (Å²) < 4.78 is 4.91. The molecule has 2 aromatic rings. The Bertz CT molecular complexity index is 707. The number of hydrogen-bond acceptors (Lipinski definition) is 6. The van der Waals surface area contributed by atoms with Crippen LogP contribution < -0.4 is 16.8 Å². The molecule has 0 fully saturated rings. The molecule has 122 valence electrons. The van der Waals surface area contributed by atoms with Crippen molar-refractivity contribution < 1.29 is 9.53 Å². The first-order valence-electron chi connectivity index (χ1n) is 7.31. The summed E-state index contributed by atoms with van der Waals surface area (Å²) >= 11 is 0. The molecule has 7 heteroatoms. The summed E-state index contributed by atoms with van der Waals surface area (Å²) in [5, 5.41) is 2.76. The highest BCUT2D eigenvalue weighted by Gasteiger charge is 2.11. The number of aromatic nitrogens is 2. The predicted octanol–water partition coefficient (Wildman–Crippen LogP) is 2.42. The van der Waals surface area contributed by atoms with Crippen LogP contribution in [0.2, 0.25) is 0 Å². The molecular weight excluding hydrogens is 294 g/mol. The number of nitrogens with zero attached hydrogens (tertiary/aromatic N) is 2. The lowest BCUT2D eigenvalue weighted by atomic mass is 10.00. The molecule has 7 nitrogen and oxygen atoms in total. The number of carbonyl (C=O) groups is 1. The van der Waals surface area contributed by atoms with Crippen molar-refractivity contribution in [2.24, 2.45) is 0 Å². The zero-order valence-electron chi connectivity index (χ0n) is 13.5. The normalized spacial score (nSPS) is 10.4. The van der Waals surface area contributed by atoms with Gasteiger partial charge in [0.1, 0.15) is 5.82 Å². The smallest absolute Gasteiger partial charge is 0.411 e. The van der Waals surface area contributed by atoms with Crippen LogP contribution in [-0.4, -0.2) is 22.7 Å². The van der Waals surface area contributed by atoms with Gasteiger partial charge in [0.05, 0.1) is 6.61 Å². The Hall–Kier alpha value is -2.83. The Morgan fingerprint density at radius 3 is 2.48 bits per heavy atom. The van der Waals surface area contributed by atoms with Gasteiger partial charge in [-0.3, -0.25) is 5.32 Å². The highest BCUT2D eigenvalue weighted by atomic mass is 16.5. The van der Waals surface area contributed by atoms with Crippen molar-refractivity contribution in [3.05, 3.63) is 40.6 Å². The van der Waals surface area contributed by atoms with Gasteiger partial charge in [-0.1, -0.05) is 12.1 Å². The maximum Gasteiger partial charge on any atom is 0.411 e. The van der Waals surface area contributed by atoms with Gasteiger partial charge in [0.25, 0.3) is 0 Å². The van der Waals surface area contributed by atoms with Gasteiger partial charge < -0.3 is 16.2 Å². The lowest BCUT2D eigenvalue weighted by Gasteiger charge is -2.14. The summed E-state index contributed by atoms with van der Waals surface area (Å²) in [4.78, 5) is 19.5. The second-order valence-electron chi connectivity index (χ2n) is 5.27. The zero-order valence-corrected chi connectivity index (χ0v) is 13.5. The lowest BCUT2D eigenvalue weighted by Crippen LogP contribution is -2.15. The minimum absolute atomic E-state index is 0.160. The molecule has 1 heterocycles. The molecule has 0 unspecified atom stereocenters. The quantitative estimate of drug-likeness (QED) is 0.798. The van der Waals surface area contributed by atoms with Gasteiger partial charge in [-0.15, -0.1) is 0 Å². The first kappa shape index (κ1) is 16.5. The molecule has 0 bridgehead atoms. The summed E-state index contributed by atoms with van der Waals surface area (Å²) in [5.41, 5.74) is 15.9. The van der Waals surface area contributed by atoms with Crippen LogP contribution >= 0.6 is 0 Å². The molecule has 0 aliphatic rings. The van der Waals surface area contributed by atoms with E-state index in [9.17, 15) is 4.79 Å². The van der Waals surface area contributed by atoms with Crippen molar-refractivity contribution in [3.8, 4) is 0 Å². The number of benzene rings is 1. The van der Waals surface area contributed by atoms with Gasteiger partial charge in [-0.05, 0) is 37.5 Å². The van der Waals surface area contributed by atoms with Crippen molar-refractivity contribution in [3.63, 3.8) is 0 Å². The summed E-state index contributed by atoms with van der Waals surface area (Å²) in [7, 11) is 0. The number of amides is 1. The number of nitrogens with two attached hydrogens (primary N) is 2. The van der Waals surface area contributed by atoms with E-state index >= 15 is 0 Å². The van der Waals surface area contributed by atoms with E-state index in [1.807, 2.05) is 26.0 Å². The zero-order chi connectivity index (χ0) is 17.0. The van der Waals surface area contributed by atoms with Gasteiger partial charge in [0.2, 0.25) is 5.95 Å². The van der Waals surface area contributed by atoms with Gasteiger partial charge in [-0.25, -0.2) is 9.78 Å². The molecule has 5 N–H and O–H groups in total. The highest BCUT2D eigenvalue weighted by Crippen LogP contribution is 2.24. The summed E-state index contributed by atoms with van der Waals surface area (Å²) in [6, 6.07) is 3.98. The Balaban J connectivity index is 2.23. The molecule has 1 amide bonds. The topological polar surface area (TPSA) is 116 Å². The van der Waals surface area contributed by atoms with Gasteiger partial charge in [0, 0.05) is 23.9 Å². The Morgan fingerprint density at radius 2 is 1.91 bits per heavy atom. The van der Waals surface area contributed by atoms with Crippen molar-refractivity contribution in [2.75, 3.05) is 23.4 Å². The molecule has 0 spiro atoms. The second kappa shape index (κ2) is 6.95. The number of rotatable bonds is 4. The summed E-state index contributed by atoms with van der Waals surface area (Å²) in [5.74, 6) is 0.536. The minimum atomic E-state index is -0.456. The van der Waals surface area contributed by atoms with Crippen LogP contribution in [-0.2, 0) is 11.2 Å². The van der Waals surface area contributed by atoms with Crippen LogP contribution in [0.4, 0.5) is 22.2 Å². The molecule has 0 radical (unpaired) electrons. The fourth-order valence-electron chi connectivity index (χ4n) is 2.41. The average Bonchev–Trinajstić information content (AvgIpc) is 2.46. The third kappa shape index (κ3) is 4.09. The van der Waals surface area contributed by atoms with E-state index in [1.54, 1.807) is 13.1 Å². The van der Waals surface area contributed by atoms with Crippen LogP contribution in [0.1, 0.15) is 29.2 Å². The molecule has 0 aliphatic carbocycles. The predicted molar refractivity (Wildman–Crippen MR) is 90.2 cm³/mol. The number of nitrogens with one attached hydrogen (secondary N) is 1. The van der Waals surface area contributed by atoms with E-state index in [0.29, 0.717) is 18.8 Å². The second-order valence-corrected chi connectivity index (χ2v) is 5.27. The lowest BCUT2D eigenvalue weighted by molar-refractivity contribution is 0.168. The van der Waals surface area contributed by atoms with Gasteiger partial charge in [0.15, 0.2) is 0 Å². The highest BCUT2D eigenvalue weighted by molar-refractivity contribution is 5.86. The molecule has 0 saturated heterocycles. The minimum Gasteiger partial charge on any atom is -0.450 e. The van der Waals surface area contributed by atoms with E-state index in [2.05, 4.69) is 15.3 Å². The molecule has 23 heavy (non-hydrogen) atoms. The Labute approximate surface area is 135 Å². The van der Waals surface area contributed by atoms with E-state index in [-0.39, 0.29) is 5.95 Å². The SMILES string of the molecule is CCOC(=O)Nc1c(C)cc(Cc2cnc(N)nc2N)cc1C. The fraction of sp³-hybridized carbons (Fsp3) is 0.312. The molecule has 2 rings (SSSR count). The molecule has 0 saturated carbocycles. The number of ether oxygens (including phenoxy) is 1. The summed E-state index contributed by atoms with van der Waals surface area (Å²) in [6.07, 6.45) is 1.77. The van der Waals surface area contributed by atoms with E-state index < -0.39 is 6.09 Å².